The molecule has 0 saturated carbocycles. The summed E-state index contributed by atoms with van der Waals surface area (Å²) in [6.07, 6.45) is 0. The minimum absolute atomic E-state index is 0. The summed E-state index contributed by atoms with van der Waals surface area (Å²) in [5.74, 6) is 0. The van der Waals surface area contributed by atoms with Crippen LogP contribution >= 0.6 is 8.25 Å². The SMILES string of the molecule is C=C.C=C.C=C.C=C.NCCN.O=[PH]([O-])[O-].[Na+].[Na+]. The van der Waals surface area contributed by atoms with Crippen LogP contribution in [0.15, 0.2) is 52.6 Å². The van der Waals surface area contributed by atoms with Crippen molar-refractivity contribution in [3.63, 3.8) is 0 Å². The van der Waals surface area contributed by atoms with Crippen molar-refractivity contribution >= 4 is 8.25 Å². The van der Waals surface area contributed by atoms with Gasteiger partial charge in [-0.05, 0) is 0 Å². The van der Waals surface area contributed by atoms with Crippen LogP contribution < -0.4 is 80.4 Å². The molecule has 0 unspecified atom stereocenters. The van der Waals surface area contributed by atoms with Gasteiger partial charge in [-0.15, -0.1) is 52.6 Å². The zero-order valence-electron chi connectivity index (χ0n) is 12.0. The number of nitrogens with two attached hydrogens (primary N) is 2. The smallest absolute Gasteiger partial charge is 0.813 e. The van der Waals surface area contributed by atoms with Gasteiger partial charge in [0, 0.05) is 13.1 Å². The monoisotopic (exact) mass is 298 g/mol. The molecule has 0 spiro atoms. The molecule has 0 aromatic heterocycles. The van der Waals surface area contributed by atoms with Gasteiger partial charge >= 0.3 is 59.1 Å². The van der Waals surface area contributed by atoms with Crippen molar-refractivity contribution in [1.82, 2.24) is 0 Å². The maximum atomic E-state index is 8.52. The Morgan fingerprint density at radius 3 is 0.778 bits per heavy atom. The minimum Gasteiger partial charge on any atom is -0.813 e. The van der Waals surface area contributed by atoms with Gasteiger partial charge in [0.1, 0.15) is 0 Å². The van der Waals surface area contributed by atoms with Crippen molar-refractivity contribution in [2.24, 2.45) is 11.5 Å². The maximum absolute atomic E-state index is 8.52. The zero-order valence-corrected chi connectivity index (χ0v) is 17.0. The van der Waals surface area contributed by atoms with Crippen molar-refractivity contribution in [1.29, 1.82) is 0 Å². The second kappa shape index (κ2) is 144. The Kier molecular flexibility index (Phi) is 406. The van der Waals surface area contributed by atoms with Gasteiger partial charge in [0.2, 0.25) is 0 Å². The largest absolute Gasteiger partial charge is 1.00 e. The first kappa shape index (κ1) is 50.8. The molecular weight excluding hydrogens is 273 g/mol. The summed E-state index contributed by atoms with van der Waals surface area (Å²) in [7, 11) is -3.63. The minimum atomic E-state index is -3.63. The number of hydrogen-bond acceptors (Lipinski definition) is 5. The van der Waals surface area contributed by atoms with E-state index in [1.165, 1.54) is 0 Å². The normalized spacial score (nSPS) is 4.50. The predicted octanol–water partition coefficient (Wildman–Crippen LogP) is -5.78. The van der Waals surface area contributed by atoms with Crippen molar-refractivity contribution in [3.8, 4) is 0 Å². The van der Waals surface area contributed by atoms with Gasteiger partial charge in [-0.25, -0.2) is 0 Å². The molecule has 0 bridgehead atoms. The van der Waals surface area contributed by atoms with Crippen molar-refractivity contribution in [3.05, 3.63) is 52.6 Å². The predicted molar refractivity (Wildman–Crippen MR) is 72.1 cm³/mol. The molecular formula is C10H25N2Na2O3P. The Morgan fingerprint density at radius 2 is 0.778 bits per heavy atom. The molecule has 100 valence electrons. The quantitative estimate of drug-likeness (QED) is 0.284. The molecule has 18 heavy (non-hydrogen) atoms. The fourth-order valence-electron chi connectivity index (χ4n) is 0. The van der Waals surface area contributed by atoms with Crippen LogP contribution in [0.5, 0.6) is 0 Å². The van der Waals surface area contributed by atoms with Gasteiger partial charge in [-0.3, -0.25) is 0 Å². The Morgan fingerprint density at radius 1 is 0.722 bits per heavy atom. The van der Waals surface area contributed by atoms with E-state index in [0.717, 1.165) is 0 Å². The molecule has 0 heterocycles. The van der Waals surface area contributed by atoms with E-state index in [2.05, 4.69) is 52.6 Å². The summed E-state index contributed by atoms with van der Waals surface area (Å²) in [6.45, 7) is 25.2. The third-order valence-electron chi connectivity index (χ3n) is 0.167. The summed E-state index contributed by atoms with van der Waals surface area (Å²) < 4.78 is 8.52. The summed E-state index contributed by atoms with van der Waals surface area (Å²) in [5.41, 5.74) is 9.81. The zero-order chi connectivity index (χ0) is 15.0. The topological polar surface area (TPSA) is 115 Å². The van der Waals surface area contributed by atoms with E-state index in [-0.39, 0.29) is 59.1 Å². The van der Waals surface area contributed by atoms with Crippen LogP contribution in [0.25, 0.3) is 0 Å². The van der Waals surface area contributed by atoms with Crippen LogP contribution in [0.4, 0.5) is 0 Å². The molecule has 0 aliphatic heterocycles. The molecule has 0 aromatic rings. The third kappa shape index (κ3) is 1060. The summed E-state index contributed by atoms with van der Waals surface area (Å²) >= 11 is 0. The van der Waals surface area contributed by atoms with Gasteiger partial charge in [0.25, 0.3) is 0 Å². The van der Waals surface area contributed by atoms with Crippen LogP contribution in [0.1, 0.15) is 0 Å². The van der Waals surface area contributed by atoms with Crippen LogP contribution in [0.3, 0.4) is 0 Å². The molecule has 0 atom stereocenters. The Labute approximate surface area is 157 Å². The average molecular weight is 298 g/mol. The second-order valence-electron chi connectivity index (χ2n) is 0.827. The second-order valence-corrected chi connectivity index (χ2v) is 1.33. The Bertz CT molecular complexity index is 101. The molecule has 0 rings (SSSR count). The van der Waals surface area contributed by atoms with E-state index in [1.807, 2.05) is 0 Å². The van der Waals surface area contributed by atoms with Gasteiger partial charge in [0.15, 0.2) is 0 Å². The van der Waals surface area contributed by atoms with Crippen molar-refractivity contribution in [2.75, 3.05) is 13.1 Å². The van der Waals surface area contributed by atoms with E-state index in [0.29, 0.717) is 13.1 Å². The Hall–Kier alpha value is 1.03. The number of hydrogen-bond donors (Lipinski definition) is 2. The first-order chi connectivity index (χ1) is 7.65. The standard InChI is InChI=1S/C2H8N2.4C2H4.2Na.H3O3P/c3-1-2-4;4*1-2;;;1-4(2)3/h1-4H2;4*1-2H2;;;4H,(H2,1,2,3)/q;;;;;2*+1;/p-2. The molecule has 5 nitrogen and oxygen atoms in total. The van der Waals surface area contributed by atoms with Crippen molar-refractivity contribution < 1.29 is 73.5 Å². The Balaban J connectivity index is -0.0000000113. The van der Waals surface area contributed by atoms with Gasteiger partial charge in [-0.1, -0.05) is 8.25 Å². The summed E-state index contributed by atoms with van der Waals surface area (Å²) in [4.78, 5) is 17.0. The summed E-state index contributed by atoms with van der Waals surface area (Å²) in [6, 6.07) is 0. The summed E-state index contributed by atoms with van der Waals surface area (Å²) in [5, 5.41) is 0. The van der Waals surface area contributed by atoms with Crippen LogP contribution in [0, 0.1) is 0 Å². The molecule has 0 radical (unpaired) electrons. The molecule has 0 saturated heterocycles. The van der Waals surface area contributed by atoms with Crippen LogP contribution in [-0.2, 0) is 4.57 Å². The van der Waals surface area contributed by atoms with Crippen LogP contribution in [0.2, 0.25) is 0 Å². The van der Waals surface area contributed by atoms with E-state index < -0.39 is 8.25 Å². The fourth-order valence-corrected chi connectivity index (χ4v) is 0. The first-order valence-corrected chi connectivity index (χ1v) is 5.15. The van der Waals surface area contributed by atoms with Crippen LogP contribution in [-0.4, -0.2) is 13.1 Å². The molecule has 0 aliphatic carbocycles. The first-order valence-electron chi connectivity index (χ1n) is 3.93. The molecule has 0 amide bonds. The fraction of sp³-hybridized carbons (Fsp3) is 0.200. The van der Waals surface area contributed by atoms with E-state index in [1.54, 1.807) is 0 Å². The third-order valence-corrected chi connectivity index (χ3v) is 0.167. The number of rotatable bonds is 1. The van der Waals surface area contributed by atoms with Gasteiger partial charge in [-0.2, -0.15) is 0 Å². The van der Waals surface area contributed by atoms with E-state index in [4.69, 9.17) is 25.8 Å². The molecule has 0 aliphatic rings. The van der Waals surface area contributed by atoms with E-state index in [9.17, 15) is 0 Å². The molecule has 0 aromatic carbocycles. The average Bonchev–Trinajstić information content (AvgIpc) is 2.38. The molecule has 8 heteroatoms. The van der Waals surface area contributed by atoms with E-state index >= 15 is 0 Å². The van der Waals surface area contributed by atoms with Gasteiger partial charge in [0.05, 0.1) is 0 Å². The maximum Gasteiger partial charge on any atom is 1.00 e. The molecule has 4 N–H and O–H groups in total. The van der Waals surface area contributed by atoms with Crippen molar-refractivity contribution in [2.45, 2.75) is 0 Å². The van der Waals surface area contributed by atoms with Gasteiger partial charge < -0.3 is 25.8 Å². The molecule has 0 fully saturated rings.